The zero-order valence-corrected chi connectivity index (χ0v) is 11.6. The zero-order valence-electron chi connectivity index (χ0n) is 10.0. The molecule has 0 radical (unpaired) electrons. The number of rotatable bonds is 3. The fourth-order valence-corrected chi connectivity index (χ4v) is 6.21. The quantitative estimate of drug-likeness (QED) is 0.874. The molecule has 1 heterocycles. The van der Waals surface area contributed by atoms with E-state index in [1.165, 1.54) is 24.1 Å². The molecule has 1 nitrogen and oxygen atoms in total. The molecule has 1 N–H and O–H groups in total. The van der Waals surface area contributed by atoms with Crippen molar-refractivity contribution in [2.75, 3.05) is 7.05 Å². The van der Waals surface area contributed by atoms with Crippen molar-refractivity contribution in [2.24, 2.45) is 29.6 Å². The average molecular weight is 268 g/mol. The molecule has 0 aliphatic heterocycles. The molecule has 3 aliphatic rings. The van der Waals surface area contributed by atoms with Gasteiger partial charge in [-0.1, -0.05) is 11.6 Å². The standard InChI is InChI=1S/C14H18ClNS/c1-16-13(14-9(15)4-5-17-14)12-10-7-2-3-8(6-7)11(10)12/h4-5,7-8,10-13,16H,2-3,6H2,1H3. The highest BCUT2D eigenvalue weighted by atomic mass is 35.5. The van der Waals surface area contributed by atoms with Crippen LogP contribution in [0.15, 0.2) is 11.4 Å². The van der Waals surface area contributed by atoms with Gasteiger partial charge in [0, 0.05) is 10.9 Å². The molecule has 92 valence electrons. The minimum Gasteiger partial charge on any atom is -0.312 e. The Morgan fingerprint density at radius 3 is 2.59 bits per heavy atom. The molecule has 5 unspecified atom stereocenters. The molecular weight excluding hydrogens is 250 g/mol. The van der Waals surface area contributed by atoms with Crippen LogP contribution in [-0.4, -0.2) is 7.05 Å². The van der Waals surface area contributed by atoms with E-state index in [2.05, 4.69) is 17.7 Å². The first-order valence-corrected chi connectivity index (χ1v) is 7.97. The largest absolute Gasteiger partial charge is 0.312 e. The van der Waals surface area contributed by atoms with Gasteiger partial charge in [-0.25, -0.2) is 0 Å². The predicted molar refractivity (Wildman–Crippen MR) is 72.4 cm³/mol. The van der Waals surface area contributed by atoms with Crippen LogP contribution in [0, 0.1) is 29.6 Å². The van der Waals surface area contributed by atoms with Gasteiger partial charge in [0.25, 0.3) is 0 Å². The van der Waals surface area contributed by atoms with Gasteiger partial charge in [0.05, 0.1) is 5.02 Å². The molecule has 0 aromatic carbocycles. The summed E-state index contributed by atoms with van der Waals surface area (Å²) in [7, 11) is 2.09. The fraction of sp³-hybridized carbons (Fsp3) is 0.714. The van der Waals surface area contributed by atoms with E-state index >= 15 is 0 Å². The lowest BCUT2D eigenvalue weighted by molar-refractivity contribution is 0.389. The van der Waals surface area contributed by atoms with Crippen molar-refractivity contribution in [3.8, 4) is 0 Å². The van der Waals surface area contributed by atoms with Gasteiger partial charge >= 0.3 is 0 Å². The van der Waals surface area contributed by atoms with E-state index in [1.54, 1.807) is 0 Å². The van der Waals surface area contributed by atoms with Gasteiger partial charge in [0.15, 0.2) is 0 Å². The van der Waals surface area contributed by atoms with Crippen LogP contribution in [0.1, 0.15) is 30.2 Å². The SMILES string of the molecule is CNC(c1sccc1Cl)C1C2C3CCC(C3)C21. The Balaban J connectivity index is 1.61. The van der Waals surface area contributed by atoms with Crippen LogP contribution in [0.4, 0.5) is 0 Å². The van der Waals surface area contributed by atoms with Gasteiger partial charge in [0.1, 0.15) is 0 Å². The van der Waals surface area contributed by atoms with Crippen molar-refractivity contribution >= 4 is 22.9 Å². The molecule has 3 saturated carbocycles. The van der Waals surface area contributed by atoms with Crippen molar-refractivity contribution in [1.82, 2.24) is 5.32 Å². The van der Waals surface area contributed by atoms with Gasteiger partial charge in [0.2, 0.25) is 0 Å². The number of nitrogens with one attached hydrogen (secondary N) is 1. The fourth-order valence-electron chi connectivity index (χ4n) is 4.86. The number of thiophene rings is 1. The normalized spacial score (nSPS) is 43.8. The summed E-state index contributed by atoms with van der Waals surface area (Å²) in [5.41, 5.74) is 0. The first kappa shape index (κ1) is 10.8. The van der Waals surface area contributed by atoms with Crippen LogP contribution < -0.4 is 5.32 Å². The second-order valence-electron chi connectivity index (χ2n) is 5.96. The van der Waals surface area contributed by atoms with Crippen LogP contribution in [0.5, 0.6) is 0 Å². The Hall–Kier alpha value is -0.0500. The Morgan fingerprint density at radius 2 is 2.06 bits per heavy atom. The monoisotopic (exact) mass is 267 g/mol. The highest BCUT2D eigenvalue weighted by Crippen LogP contribution is 2.72. The maximum absolute atomic E-state index is 6.30. The summed E-state index contributed by atoms with van der Waals surface area (Å²) in [6.07, 6.45) is 4.52. The highest BCUT2D eigenvalue weighted by Gasteiger charge is 2.66. The lowest BCUT2D eigenvalue weighted by Crippen LogP contribution is -2.21. The minimum atomic E-state index is 0.515. The van der Waals surface area contributed by atoms with Crippen LogP contribution in [0.25, 0.3) is 0 Å². The summed E-state index contributed by atoms with van der Waals surface area (Å²) >= 11 is 8.12. The van der Waals surface area contributed by atoms with Gasteiger partial charge < -0.3 is 5.32 Å². The lowest BCUT2D eigenvalue weighted by atomic mass is 9.96. The average Bonchev–Trinajstić information content (AvgIpc) is 2.72. The molecule has 3 heteroatoms. The van der Waals surface area contributed by atoms with Gasteiger partial charge in [-0.2, -0.15) is 0 Å². The molecule has 17 heavy (non-hydrogen) atoms. The highest BCUT2D eigenvalue weighted by molar-refractivity contribution is 7.10. The van der Waals surface area contributed by atoms with Crippen LogP contribution in [0.3, 0.4) is 0 Å². The van der Waals surface area contributed by atoms with Crippen molar-refractivity contribution in [3.63, 3.8) is 0 Å². The van der Waals surface area contributed by atoms with Crippen LogP contribution >= 0.6 is 22.9 Å². The molecule has 3 fully saturated rings. The Kier molecular flexibility index (Phi) is 2.37. The molecule has 1 aromatic heterocycles. The summed E-state index contributed by atoms with van der Waals surface area (Å²) < 4.78 is 0. The molecule has 5 atom stereocenters. The van der Waals surface area contributed by atoms with Gasteiger partial charge in [-0.15, -0.1) is 11.3 Å². The molecule has 0 saturated heterocycles. The van der Waals surface area contributed by atoms with E-state index in [9.17, 15) is 0 Å². The molecule has 0 amide bonds. The molecule has 3 aliphatic carbocycles. The first-order chi connectivity index (χ1) is 8.31. The zero-order chi connectivity index (χ0) is 11.6. The topological polar surface area (TPSA) is 12.0 Å². The summed E-state index contributed by atoms with van der Waals surface area (Å²) in [6.45, 7) is 0. The smallest absolute Gasteiger partial charge is 0.0561 e. The lowest BCUT2D eigenvalue weighted by Gasteiger charge is -2.19. The van der Waals surface area contributed by atoms with E-state index in [-0.39, 0.29) is 0 Å². The molecule has 0 spiro atoms. The number of halogens is 1. The third-order valence-electron chi connectivity index (χ3n) is 5.42. The van der Waals surface area contributed by atoms with Crippen molar-refractivity contribution in [1.29, 1.82) is 0 Å². The molecule has 2 bridgehead atoms. The van der Waals surface area contributed by atoms with E-state index in [0.29, 0.717) is 6.04 Å². The molecule has 4 rings (SSSR count). The summed E-state index contributed by atoms with van der Waals surface area (Å²) in [6, 6.07) is 2.56. The molecule has 1 aromatic rings. The van der Waals surface area contributed by atoms with Gasteiger partial charge in [-0.3, -0.25) is 0 Å². The maximum atomic E-state index is 6.30. The van der Waals surface area contributed by atoms with Crippen molar-refractivity contribution < 1.29 is 0 Å². The van der Waals surface area contributed by atoms with Crippen LogP contribution in [-0.2, 0) is 0 Å². The Morgan fingerprint density at radius 1 is 1.35 bits per heavy atom. The Bertz CT molecular complexity index is 427. The molecular formula is C14H18ClNS. The summed E-state index contributed by atoms with van der Waals surface area (Å²) in [4.78, 5) is 1.37. The third-order valence-corrected chi connectivity index (χ3v) is 6.86. The second-order valence-corrected chi connectivity index (χ2v) is 7.32. The second kappa shape index (κ2) is 3.72. The van der Waals surface area contributed by atoms with E-state index in [4.69, 9.17) is 11.6 Å². The third kappa shape index (κ3) is 1.41. The van der Waals surface area contributed by atoms with E-state index < -0.39 is 0 Å². The van der Waals surface area contributed by atoms with E-state index in [1.807, 2.05) is 17.4 Å². The number of hydrogen-bond acceptors (Lipinski definition) is 2. The van der Waals surface area contributed by atoms with Crippen LogP contribution in [0.2, 0.25) is 5.02 Å². The van der Waals surface area contributed by atoms with Crippen molar-refractivity contribution in [2.45, 2.75) is 25.3 Å². The van der Waals surface area contributed by atoms with E-state index in [0.717, 1.165) is 34.6 Å². The Labute approximate surface area is 112 Å². The predicted octanol–water partition coefficient (Wildman–Crippen LogP) is 3.95. The summed E-state index contributed by atoms with van der Waals surface area (Å²) in [5.74, 6) is 5.00. The number of fused-ring (bicyclic) bond motifs is 5. The number of hydrogen-bond donors (Lipinski definition) is 1. The first-order valence-electron chi connectivity index (χ1n) is 6.71. The minimum absolute atomic E-state index is 0.515. The summed E-state index contributed by atoms with van der Waals surface area (Å²) in [5, 5.41) is 6.62. The van der Waals surface area contributed by atoms with Gasteiger partial charge in [-0.05, 0) is 67.3 Å². The maximum Gasteiger partial charge on any atom is 0.0561 e. The van der Waals surface area contributed by atoms with Crippen molar-refractivity contribution in [3.05, 3.63) is 21.3 Å².